The van der Waals surface area contributed by atoms with Gasteiger partial charge in [0.25, 0.3) is 0 Å². The number of hydrogen-bond acceptors (Lipinski definition) is 3. The molecule has 1 amide bonds. The van der Waals surface area contributed by atoms with Crippen LogP contribution in [0.25, 0.3) is 0 Å². The highest BCUT2D eigenvalue weighted by molar-refractivity contribution is 5.78. The molecule has 4 heteroatoms. The lowest BCUT2D eigenvalue weighted by Crippen LogP contribution is -2.40. The summed E-state index contributed by atoms with van der Waals surface area (Å²) in [5, 5.41) is 6.53. The Labute approximate surface area is 104 Å². The van der Waals surface area contributed by atoms with E-state index in [9.17, 15) is 4.79 Å². The van der Waals surface area contributed by atoms with Crippen molar-refractivity contribution in [3.8, 4) is 0 Å². The van der Waals surface area contributed by atoms with Gasteiger partial charge in [-0.2, -0.15) is 0 Å². The van der Waals surface area contributed by atoms with E-state index in [-0.39, 0.29) is 5.91 Å². The van der Waals surface area contributed by atoms with Crippen LogP contribution in [0.5, 0.6) is 0 Å². The number of nitrogens with zero attached hydrogens (tertiary/aromatic N) is 1. The van der Waals surface area contributed by atoms with Crippen LogP contribution in [0.1, 0.15) is 39.5 Å². The highest BCUT2D eigenvalue weighted by Gasteiger charge is 2.25. The maximum atomic E-state index is 11.1. The predicted octanol–water partition coefficient (Wildman–Crippen LogP) is 0.727. The molecule has 2 atom stereocenters. The summed E-state index contributed by atoms with van der Waals surface area (Å²) in [5.41, 5.74) is 0. The Morgan fingerprint density at radius 1 is 1.29 bits per heavy atom. The van der Waals surface area contributed by atoms with E-state index in [0.717, 1.165) is 6.54 Å². The Balaban J connectivity index is 1.77. The van der Waals surface area contributed by atoms with Crippen LogP contribution in [0.3, 0.4) is 0 Å². The maximum Gasteiger partial charge on any atom is 0.221 e. The summed E-state index contributed by atoms with van der Waals surface area (Å²) >= 11 is 0. The van der Waals surface area contributed by atoms with Gasteiger partial charge < -0.3 is 15.5 Å². The maximum absolute atomic E-state index is 11.1. The summed E-state index contributed by atoms with van der Waals surface area (Å²) in [6.07, 6.45) is 4.38. The molecule has 17 heavy (non-hydrogen) atoms. The second kappa shape index (κ2) is 5.83. The topological polar surface area (TPSA) is 44.4 Å². The van der Waals surface area contributed by atoms with Crippen molar-refractivity contribution in [2.75, 3.05) is 19.6 Å². The molecular weight excluding hydrogens is 214 g/mol. The van der Waals surface area contributed by atoms with Crippen LogP contribution >= 0.6 is 0 Å². The summed E-state index contributed by atoms with van der Waals surface area (Å²) < 4.78 is 0. The van der Waals surface area contributed by atoms with Gasteiger partial charge in [-0.25, -0.2) is 0 Å². The molecule has 2 fully saturated rings. The zero-order valence-electron chi connectivity index (χ0n) is 11.0. The van der Waals surface area contributed by atoms with E-state index < -0.39 is 0 Å². The molecule has 0 spiro atoms. The van der Waals surface area contributed by atoms with Gasteiger partial charge in [-0.3, -0.25) is 4.79 Å². The molecule has 0 aromatic rings. The Bertz CT molecular complexity index is 267. The fourth-order valence-corrected chi connectivity index (χ4v) is 2.86. The minimum absolute atomic E-state index is 0.194. The number of carbonyl (C=O) groups excluding carboxylic acids is 1. The van der Waals surface area contributed by atoms with Crippen LogP contribution in [-0.2, 0) is 4.79 Å². The molecule has 0 radical (unpaired) electrons. The molecular formula is C13H25N3O. The van der Waals surface area contributed by atoms with Crippen LogP contribution in [0, 0.1) is 0 Å². The first-order chi connectivity index (χ1) is 8.15. The number of nitrogens with one attached hydrogen (secondary N) is 2. The first-order valence-electron chi connectivity index (χ1n) is 6.92. The molecule has 2 aliphatic rings. The fourth-order valence-electron chi connectivity index (χ4n) is 2.86. The zero-order chi connectivity index (χ0) is 12.3. The summed E-state index contributed by atoms with van der Waals surface area (Å²) in [7, 11) is 0. The summed E-state index contributed by atoms with van der Waals surface area (Å²) in [5.74, 6) is 0.194. The third-order valence-electron chi connectivity index (χ3n) is 3.94. The summed E-state index contributed by atoms with van der Waals surface area (Å²) in [6, 6.07) is 1.61. The average molecular weight is 239 g/mol. The zero-order valence-corrected chi connectivity index (χ0v) is 11.0. The van der Waals surface area contributed by atoms with Gasteiger partial charge in [-0.1, -0.05) is 0 Å². The van der Waals surface area contributed by atoms with Gasteiger partial charge in [0, 0.05) is 31.1 Å². The van der Waals surface area contributed by atoms with Crippen LogP contribution in [0.15, 0.2) is 0 Å². The highest BCUT2D eigenvalue weighted by Crippen LogP contribution is 2.14. The first-order valence-corrected chi connectivity index (χ1v) is 6.92. The van der Waals surface area contributed by atoms with Crippen LogP contribution < -0.4 is 10.6 Å². The predicted molar refractivity (Wildman–Crippen MR) is 68.9 cm³/mol. The molecule has 0 aromatic carbocycles. The second-order valence-electron chi connectivity index (χ2n) is 5.63. The van der Waals surface area contributed by atoms with E-state index in [4.69, 9.17) is 0 Å². The lowest BCUT2D eigenvalue weighted by Gasteiger charge is -2.25. The molecule has 98 valence electrons. The Kier molecular flexibility index (Phi) is 4.40. The van der Waals surface area contributed by atoms with Gasteiger partial charge in [-0.05, 0) is 46.2 Å². The molecule has 0 saturated carbocycles. The van der Waals surface area contributed by atoms with Crippen LogP contribution in [0.4, 0.5) is 0 Å². The van der Waals surface area contributed by atoms with Crippen molar-refractivity contribution < 1.29 is 4.79 Å². The summed E-state index contributed by atoms with van der Waals surface area (Å²) in [6.45, 7) is 7.75. The Morgan fingerprint density at radius 3 is 2.76 bits per heavy atom. The normalized spacial score (nSPS) is 31.6. The monoisotopic (exact) mass is 239 g/mol. The molecule has 2 heterocycles. The lowest BCUT2D eigenvalue weighted by atomic mass is 10.1. The van der Waals surface area contributed by atoms with Gasteiger partial charge in [0.2, 0.25) is 5.91 Å². The molecule has 2 unspecified atom stereocenters. The van der Waals surface area contributed by atoms with Gasteiger partial charge in [0.15, 0.2) is 0 Å². The van der Waals surface area contributed by atoms with Crippen molar-refractivity contribution >= 4 is 5.91 Å². The van der Waals surface area contributed by atoms with Gasteiger partial charge in [0.1, 0.15) is 0 Å². The number of amides is 1. The van der Waals surface area contributed by atoms with Crippen molar-refractivity contribution in [3.63, 3.8) is 0 Å². The van der Waals surface area contributed by atoms with Crippen molar-refractivity contribution in [1.29, 1.82) is 0 Å². The smallest absolute Gasteiger partial charge is 0.221 e. The largest absolute Gasteiger partial charge is 0.354 e. The van der Waals surface area contributed by atoms with E-state index >= 15 is 0 Å². The average Bonchev–Trinajstić information content (AvgIpc) is 2.54. The molecule has 0 aliphatic carbocycles. The molecule has 2 rings (SSSR count). The third-order valence-corrected chi connectivity index (χ3v) is 3.94. The molecule has 0 bridgehead atoms. The van der Waals surface area contributed by atoms with E-state index in [1.54, 1.807) is 0 Å². The minimum atomic E-state index is 0.194. The van der Waals surface area contributed by atoms with E-state index in [0.29, 0.717) is 24.5 Å². The molecule has 4 nitrogen and oxygen atoms in total. The van der Waals surface area contributed by atoms with Gasteiger partial charge in [-0.15, -0.1) is 0 Å². The minimum Gasteiger partial charge on any atom is -0.354 e. The Hall–Kier alpha value is -0.610. The number of hydrogen-bond donors (Lipinski definition) is 2. The molecule has 2 N–H and O–H groups in total. The highest BCUT2D eigenvalue weighted by atomic mass is 16.1. The SMILES string of the molecule is CC(C)N1CCCC(NC2CNC(=O)C2)CC1. The van der Waals surface area contributed by atoms with Gasteiger partial charge >= 0.3 is 0 Å². The number of likely N-dealkylation sites (tertiary alicyclic amines) is 1. The quantitative estimate of drug-likeness (QED) is 0.763. The number of rotatable bonds is 3. The van der Waals surface area contributed by atoms with Crippen LogP contribution in [0.2, 0.25) is 0 Å². The second-order valence-corrected chi connectivity index (χ2v) is 5.63. The van der Waals surface area contributed by atoms with Crippen LogP contribution in [-0.4, -0.2) is 48.6 Å². The first kappa shape index (κ1) is 12.8. The van der Waals surface area contributed by atoms with Crippen molar-refractivity contribution in [2.24, 2.45) is 0 Å². The molecule has 2 saturated heterocycles. The van der Waals surface area contributed by atoms with E-state index in [1.807, 2.05) is 0 Å². The van der Waals surface area contributed by atoms with E-state index in [2.05, 4.69) is 29.4 Å². The van der Waals surface area contributed by atoms with E-state index in [1.165, 1.54) is 32.4 Å². The van der Waals surface area contributed by atoms with Crippen molar-refractivity contribution in [3.05, 3.63) is 0 Å². The fraction of sp³-hybridized carbons (Fsp3) is 0.923. The molecule has 0 aromatic heterocycles. The van der Waals surface area contributed by atoms with Gasteiger partial charge in [0.05, 0.1) is 0 Å². The third kappa shape index (κ3) is 3.68. The van der Waals surface area contributed by atoms with Crippen molar-refractivity contribution in [2.45, 2.75) is 57.7 Å². The van der Waals surface area contributed by atoms with Crippen molar-refractivity contribution in [1.82, 2.24) is 15.5 Å². The standard InChI is InChI=1S/C13H25N3O/c1-10(2)16-6-3-4-11(5-7-16)15-12-8-13(17)14-9-12/h10-12,15H,3-9H2,1-2H3,(H,14,17). The lowest BCUT2D eigenvalue weighted by molar-refractivity contribution is -0.119. The number of carbonyl (C=O) groups is 1. The Morgan fingerprint density at radius 2 is 2.12 bits per heavy atom. The molecule has 2 aliphatic heterocycles. The summed E-state index contributed by atoms with van der Waals surface area (Å²) in [4.78, 5) is 13.7.